The summed E-state index contributed by atoms with van der Waals surface area (Å²) in [6.07, 6.45) is 0. The van der Waals surface area contributed by atoms with E-state index in [0.717, 1.165) is 11.1 Å². The fourth-order valence-corrected chi connectivity index (χ4v) is 5.78. The Kier molecular flexibility index (Phi) is 5.82. The van der Waals surface area contributed by atoms with Crippen molar-refractivity contribution in [3.05, 3.63) is 64.2 Å². The molecule has 1 aliphatic rings. The minimum Gasteiger partial charge on any atom is -0.508 e. The van der Waals surface area contributed by atoms with Crippen LogP contribution in [-0.4, -0.2) is 38.5 Å². The van der Waals surface area contributed by atoms with Gasteiger partial charge in [0.1, 0.15) is 25.1 Å². The van der Waals surface area contributed by atoms with Crippen molar-refractivity contribution in [3.63, 3.8) is 0 Å². The highest BCUT2D eigenvalue weighted by Gasteiger charge is 2.43. The van der Waals surface area contributed by atoms with E-state index in [-0.39, 0.29) is 11.0 Å². The van der Waals surface area contributed by atoms with Crippen LogP contribution in [0.15, 0.2) is 42.5 Å². The van der Waals surface area contributed by atoms with Crippen LogP contribution < -0.4 is 5.46 Å². The van der Waals surface area contributed by atoms with Gasteiger partial charge in [0.2, 0.25) is 5.75 Å². The minimum absolute atomic E-state index is 0.117. The highest BCUT2D eigenvalue weighted by atomic mass is 35.5. The summed E-state index contributed by atoms with van der Waals surface area (Å²) in [5.41, 5.74) is 2.19. The lowest BCUT2D eigenvalue weighted by Gasteiger charge is -2.27. The maximum absolute atomic E-state index is 11.8. The van der Waals surface area contributed by atoms with E-state index in [1.807, 2.05) is 38.1 Å². The number of phenolic OH excluding ortho intramolecular Hbond substituents is 6. The highest BCUT2D eigenvalue weighted by Crippen LogP contribution is 2.63. The zero-order chi connectivity index (χ0) is 28.8. The normalized spacial score (nSPS) is 13.8. The Morgan fingerprint density at radius 1 is 0.667 bits per heavy atom. The summed E-state index contributed by atoms with van der Waals surface area (Å²) in [4.78, 5) is 0. The molecule has 6 N–H and O–H groups in total. The molecule has 6 nitrogen and oxygen atoms in total. The zero-order valence-electron chi connectivity index (χ0n) is 22.2. The SMILES string of the molecule is [B]c1c(O)c(O)c(O)c(-c2c(O)c(-c3ccc(C(C)(C)C)cc3)c3c(c2O)-c2ccc(Cl)cc2C3(C)C)c1O. The molecule has 4 aromatic rings. The summed E-state index contributed by atoms with van der Waals surface area (Å²) in [7, 11) is 5.80. The van der Waals surface area contributed by atoms with Gasteiger partial charge in [0.15, 0.2) is 11.5 Å². The molecular weight excluding hydrogens is 515 g/mol. The van der Waals surface area contributed by atoms with Crippen molar-refractivity contribution < 1.29 is 30.6 Å². The van der Waals surface area contributed by atoms with Gasteiger partial charge in [-0.05, 0) is 50.8 Å². The predicted molar refractivity (Wildman–Crippen MR) is 154 cm³/mol. The second-order valence-electron chi connectivity index (χ2n) is 11.5. The summed E-state index contributed by atoms with van der Waals surface area (Å²) in [6.45, 7) is 10.2. The molecule has 0 aromatic heterocycles. The van der Waals surface area contributed by atoms with Crippen LogP contribution in [0, 0.1) is 0 Å². The van der Waals surface area contributed by atoms with Crippen LogP contribution in [0.5, 0.6) is 34.5 Å². The lowest BCUT2D eigenvalue weighted by Crippen LogP contribution is -2.17. The van der Waals surface area contributed by atoms with E-state index in [2.05, 4.69) is 20.8 Å². The van der Waals surface area contributed by atoms with Crippen LogP contribution in [0.1, 0.15) is 51.3 Å². The molecule has 198 valence electrons. The van der Waals surface area contributed by atoms with Crippen LogP contribution in [0.4, 0.5) is 0 Å². The molecular formula is C31H28BClO6. The van der Waals surface area contributed by atoms with Crippen molar-refractivity contribution in [1.82, 2.24) is 0 Å². The Bertz CT molecular complexity index is 1660. The van der Waals surface area contributed by atoms with Gasteiger partial charge in [-0.2, -0.15) is 0 Å². The molecule has 0 heterocycles. The van der Waals surface area contributed by atoms with Gasteiger partial charge < -0.3 is 30.6 Å². The number of fused-ring (bicyclic) bond motifs is 3. The first-order chi connectivity index (χ1) is 18.1. The van der Waals surface area contributed by atoms with Crippen molar-refractivity contribution in [3.8, 4) is 67.9 Å². The monoisotopic (exact) mass is 542 g/mol. The van der Waals surface area contributed by atoms with Crippen molar-refractivity contribution >= 4 is 24.9 Å². The first-order valence-electron chi connectivity index (χ1n) is 12.4. The van der Waals surface area contributed by atoms with Gasteiger partial charge >= 0.3 is 0 Å². The number of benzene rings is 4. The largest absolute Gasteiger partial charge is 0.508 e. The van der Waals surface area contributed by atoms with Crippen LogP contribution in [0.2, 0.25) is 5.02 Å². The molecule has 39 heavy (non-hydrogen) atoms. The molecule has 4 aromatic carbocycles. The van der Waals surface area contributed by atoms with E-state index in [1.165, 1.54) is 0 Å². The fourth-order valence-electron chi connectivity index (χ4n) is 5.61. The maximum Gasteiger partial charge on any atom is 0.200 e. The van der Waals surface area contributed by atoms with Gasteiger partial charge in [-0.1, -0.05) is 76.6 Å². The number of hydrogen-bond acceptors (Lipinski definition) is 6. The lowest BCUT2D eigenvalue weighted by molar-refractivity contribution is 0.365. The first-order valence-corrected chi connectivity index (χ1v) is 12.8. The molecule has 1 aliphatic carbocycles. The van der Waals surface area contributed by atoms with E-state index in [0.29, 0.717) is 32.8 Å². The molecule has 0 saturated heterocycles. The summed E-state index contributed by atoms with van der Waals surface area (Å²) in [6, 6.07) is 12.9. The number of aromatic hydroxyl groups is 6. The van der Waals surface area contributed by atoms with Crippen molar-refractivity contribution in [2.75, 3.05) is 0 Å². The average Bonchev–Trinajstić information content (AvgIpc) is 3.10. The van der Waals surface area contributed by atoms with Crippen LogP contribution in [0.3, 0.4) is 0 Å². The second-order valence-corrected chi connectivity index (χ2v) is 12.0. The Morgan fingerprint density at radius 3 is 1.82 bits per heavy atom. The third-order valence-electron chi connectivity index (χ3n) is 7.72. The molecule has 0 unspecified atom stereocenters. The van der Waals surface area contributed by atoms with Gasteiger partial charge in [0.05, 0.1) is 11.1 Å². The summed E-state index contributed by atoms with van der Waals surface area (Å²) in [5, 5.41) is 66.1. The number of phenols is 6. The number of halogens is 1. The molecule has 0 fully saturated rings. The van der Waals surface area contributed by atoms with E-state index in [9.17, 15) is 30.6 Å². The van der Waals surface area contributed by atoms with Crippen molar-refractivity contribution in [1.29, 1.82) is 0 Å². The van der Waals surface area contributed by atoms with E-state index in [1.54, 1.807) is 18.2 Å². The maximum atomic E-state index is 11.8. The fraction of sp³-hybridized carbons (Fsp3) is 0.226. The summed E-state index contributed by atoms with van der Waals surface area (Å²) in [5.74, 6) is -4.57. The standard InChI is InChI=1S/C31H28BClO6/c1-30(2,3)14-8-6-13(7-9-14)18-22-19(16-11-10-15(33)12-17(16)31(22,4)5)25(35)20(24(18)34)21-26(36)23(32)28(38)29(39)27(21)37/h6-12,34-39H,1-5H3. The van der Waals surface area contributed by atoms with Crippen LogP contribution in [0.25, 0.3) is 33.4 Å². The Labute approximate surface area is 232 Å². The third-order valence-corrected chi connectivity index (χ3v) is 7.95. The molecule has 0 spiro atoms. The molecule has 0 atom stereocenters. The summed E-state index contributed by atoms with van der Waals surface area (Å²) >= 11 is 6.36. The topological polar surface area (TPSA) is 121 Å². The predicted octanol–water partition coefficient (Wildman–Crippen LogP) is 6.31. The number of rotatable bonds is 2. The molecule has 8 heteroatoms. The Balaban J connectivity index is 1.97. The minimum atomic E-state index is -0.997. The zero-order valence-corrected chi connectivity index (χ0v) is 22.9. The smallest absolute Gasteiger partial charge is 0.200 e. The third kappa shape index (κ3) is 3.71. The highest BCUT2D eigenvalue weighted by molar-refractivity contribution is 6.37. The molecule has 5 rings (SSSR count). The quantitative estimate of drug-likeness (QED) is 0.100. The molecule has 2 radical (unpaired) electrons. The summed E-state index contributed by atoms with van der Waals surface area (Å²) < 4.78 is 0. The molecule has 0 bridgehead atoms. The van der Waals surface area contributed by atoms with Crippen molar-refractivity contribution in [2.45, 2.75) is 45.4 Å². The van der Waals surface area contributed by atoms with Gasteiger partial charge in [-0.15, -0.1) is 0 Å². The second kappa shape index (κ2) is 8.52. The van der Waals surface area contributed by atoms with E-state index >= 15 is 0 Å². The average molecular weight is 543 g/mol. The van der Waals surface area contributed by atoms with E-state index < -0.39 is 50.9 Å². The van der Waals surface area contributed by atoms with Gasteiger partial charge in [0, 0.05) is 21.6 Å². The van der Waals surface area contributed by atoms with Crippen molar-refractivity contribution in [2.24, 2.45) is 0 Å². The molecule has 0 aliphatic heterocycles. The van der Waals surface area contributed by atoms with Gasteiger partial charge in [-0.25, -0.2) is 0 Å². The Morgan fingerprint density at radius 2 is 1.23 bits per heavy atom. The van der Waals surface area contributed by atoms with Crippen LogP contribution >= 0.6 is 11.6 Å². The van der Waals surface area contributed by atoms with Gasteiger partial charge in [0.25, 0.3) is 0 Å². The van der Waals surface area contributed by atoms with Gasteiger partial charge in [-0.3, -0.25) is 0 Å². The molecule has 0 saturated carbocycles. The lowest BCUT2D eigenvalue weighted by atomic mass is 9.76. The number of hydrogen-bond donors (Lipinski definition) is 6. The molecule has 0 amide bonds. The first kappa shape index (κ1) is 26.6. The van der Waals surface area contributed by atoms with Crippen LogP contribution in [-0.2, 0) is 10.8 Å². The van der Waals surface area contributed by atoms with E-state index in [4.69, 9.17) is 19.4 Å². The Hall–Kier alpha value is -3.97.